The lowest BCUT2D eigenvalue weighted by Gasteiger charge is -2.20. The molecule has 2 aromatic rings. The molecule has 1 aliphatic heterocycles. The van der Waals surface area contributed by atoms with E-state index in [4.69, 9.17) is 4.74 Å². The number of hydrogen-bond acceptors (Lipinski definition) is 6. The second kappa shape index (κ2) is 9.78. The number of amidine groups is 1. The van der Waals surface area contributed by atoms with Crippen LogP contribution in [0.25, 0.3) is 6.08 Å². The van der Waals surface area contributed by atoms with E-state index in [0.717, 1.165) is 16.3 Å². The minimum absolute atomic E-state index is 0.0297. The van der Waals surface area contributed by atoms with Gasteiger partial charge in [0.1, 0.15) is 12.4 Å². The summed E-state index contributed by atoms with van der Waals surface area (Å²) in [6.45, 7) is 8.26. The number of amides is 1. The number of benzene rings is 2. The summed E-state index contributed by atoms with van der Waals surface area (Å²) in [5, 5.41) is 11.5. The van der Waals surface area contributed by atoms with Crippen molar-refractivity contribution in [1.82, 2.24) is 4.90 Å². The van der Waals surface area contributed by atoms with E-state index in [2.05, 4.69) is 4.99 Å². The Kier molecular flexibility index (Phi) is 7.12. The molecule has 0 atom stereocenters. The summed E-state index contributed by atoms with van der Waals surface area (Å²) in [7, 11) is 0. The third-order valence-corrected chi connectivity index (χ3v) is 5.45. The van der Waals surface area contributed by atoms with Crippen molar-refractivity contribution in [2.24, 2.45) is 4.99 Å². The van der Waals surface area contributed by atoms with Crippen LogP contribution in [0.4, 0.5) is 5.69 Å². The highest BCUT2D eigenvalue weighted by molar-refractivity contribution is 8.18. The standard InChI is InChI=1S/C23H25N3O4S/c1-15(2)24-23-25(16(3)4)22(27)21(31-23)13-17-7-11-20(12-8-17)30-14-18-5-9-19(10-6-18)26(28)29/h5-13,15-16H,14H2,1-4H3/b21-13+,24-23?. The van der Waals surface area contributed by atoms with Crippen LogP contribution in [-0.4, -0.2) is 33.0 Å². The molecule has 31 heavy (non-hydrogen) atoms. The normalized spacial score (nSPS) is 16.7. The van der Waals surface area contributed by atoms with Crippen molar-refractivity contribution in [3.05, 3.63) is 74.7 Å². The lowest BCUT2D eigenvalue weighted by molar-refractivity contribution is -0.384. The third-order valence-electron chi connectivity index (χ3n) is 4.45. The number of nitro benzene ring substituents is 1. The van der Waals surface area contributed by atoms with E-state index in [-0.39, 0.29) is 23.7 Å². The highest BCUT2D eigenvalue weighted by Gasteiger charge is 2.35. The van der Waals surface area contributed by atoms with E-state index in [0.29, 0.717) is 17.3 Å². The molecule has 1 amide bonds. The molecule has 7 nitrogen and oxygen atoms in total. The number of aliphatic imine (C=N–C) groups is 1. The molecule has 0 saturated carbocycles. The third kappa shape index (κ3) is 5.73. The van der Waals surface area contributed by atoms with Crippen molar-refractivity contribution < 1.29 is 14.5 Å². The zero-order chi connectivity index (χ0) is 22.5. The first-order chi connectivity index (χ1) is 14.7. The monoisotopic (exact) mass is 439 g/mol. The zero-order valence-electron chi connectivity index (χ0n) is 17.9. The highest BCUT2D eigenvalue weighted by Crippen LogP contribution is 2.34. The van der Waals surface area contributed by atoms with Gasteiger partial charge >= 0.3 is 0 Å². The van der Waals surface area contributed by atoms with E-state index in [1.54, 1.807) is 17.0 Å². The molecule has 0 aromatic heterocycles. The minimum atomic E-state index is -0.427. The summed E-state index contributed by atoms with van der Waals surface area (Å²) >= 11 is 1.40. The number of nitro groups is 1. The van der Waals surface area contributed by atoms with Gasteiger partial charge in [0.05, 0.1) is 9.83 Å². The molecule has 0 radical (unpaired) electrons. The van der Waals surface area contributed by atoms with Crippen LogP contribution in [0.3, 0.4) is 0 Å². The maximum absolute atomic E-state index is 12.8. The largest absolute Gasteiger partial charge is 0.489 e. The Labute approximate surface area is 186 Å². The number of rotatable bonds is 7. The van der Waals surface area contributed by atoms with Gasteiger partial charge in [-0.05, 0) is 80.9 Å². The topological polar surface area (TPSA) is 85.0 Å². The number of hydrogen-bond donors (Lipinski definition) is 0. The summed E-state index contributed by atoms with van der Waals surface area (Å²) in [5.74, 6) is 0.648. The molecule has 162 valence electrons. The molecule has 0 unspecified atom stereocenters. The summed E-state index contributed by atoms with van der Waals surface area (Å²) in [5.41, 5.74) is 1.79. The van der Waals surface area contributed by atoms with Gasteiger partial charge in [-0.1, -0.05) is 12.1 Å². The van der Waals surface area contributed by atoms with Crippen molar-refractivity contribution in [1.29, 1.82) is 0 Å². The van der Waals surface area contributed by atoms with E-state index in [1.807, 2.05) is 58.0 Å². The van der Waals surface area contributed by atoms with Gasteiger partial charge in [-0.15, -0.1) is 0 Å². The Hall–Kier alpha value is -3.13. The Morgan fingerprint density at radius 3 is 2.29 bits per heavy atom. The maximum Gasteiger partial charge on any atom is 0.269 e. The summed E-state index contributed by atoms with van der Waals surface area (Å²) in [6.07, 6.45) is 1.87. The number of thioether (sulfide) groups is 1. The fourth-order valence-electron chi connectivity index (χ4n) is 2.94. The Balaban J connectivity index is 1.67. The quantitative estimate of drug-likeness (QED) is 0.334. The van der Waals surface area contributed by atoms with Gasteiger partial charge in [0.2, 0.25) is 0 Å². The first-order valence-corrected chi connectivity index (χ1v) is 10.8. The molecule has 1 heterocycles. The molecule has 1 saturated heterocycles. The van der Waals surface area contributed by atoms with Crippen LogP contribution in [0.2, 0.25) is 0 Å². The summed E-state index contributed by atoms with van der Waals surface area (Å²) in [4.78, 5) is 30.1. The van der Waals surface area contributed by atoms with E-state index < -0.39 is 4.92 Å². The SMILES string of the molecule is CC(C)N=C1S/C(=C/c2ccc(OCc3ccc([N+](=O)[O-])cc3)cc2)C(=O)N1C(C)C. The van der Waals surface area contributed by atoms with E-state index >= 15 is 0 Å². The fraction of sp³-hybridized carbons (Fsp3) is 0.304. The van der Waals surface area contributed by atoms with Gasteiger partial charge < -0.3 is 4.74 Å². The lowest BCUT2D eigenvalue weighted by Crippen LogP contribution is -2.35. The number of carbonyl (C=O) groups is 1. The van der Waals surface area contributed by atoms with Gasteiger partial charge in [-0.3, -0.25) is 24.8 Å². The molecule has 1 fully saturated rings. The predicted octanol–water partition coefficient (Wildman–Crippen LogP) is 5.26. The van der Waals surface area contributed by atoms with Crippen LogP contribution in [0.5, 0.6) is 5.75 Å². The van der Waals surface area contributed by atoms with Crippen molar-refractivity contribution >= 4 is 34.6 Å². The lowest BCUT2D eigenvalue weighted by atomic mass is 10.2. The number of nitrogens with zero attached hydrogens (tertiary/aromatic N) is 3. The average molecular weight is 440 g/mol. The van der Waals surface area contributed by atoms with Gasteiger partial charge in [0.15, 0.2) is 5.17 Å². The smallest absolute Gasteiger partial charge is 0.269 e. The predicted molar refractivity (Wildman–Crippen MR) is 124 cm³/mol. The maximum atomic E-state index is 12.8. The van der Waals surface area contributed by atoms with Gasteiger partial charge in [0.25, 0.3) is 11.6 Å². The van der Waals surface area contributed by atoms with Crippen molar-refractivity contribution in [3.8, 4) is 5.75 Å². The molecular formula is C23H25N3O4S. The molecule has 3 rings (SSSR count). The molecule has 0 spiro atoms. The Morgan fingerprint density at radius 1 is 1.10 bits per heavy atom. The zero-order valence-corrected chi connectivity index (χ0v) is 18.8. The van der Waals surface area contributed by atoms with E-state index in [1.165, 1.54) is 23.9 Å². The molecule has 1 aliphatic rings. The average Bonchev–Trinajstić information content (AvgIpc) is 3.02. The molecule has 2 aromatic carbocycles. The van der Waals surface area contributed by atoms with Crippen LogP contribution in [0, 0.1) is 10.1 Å². The first kappa shape index (κ1) is 22.6. The first-order valence-electron chi connectivity index (χ1n) is 10.0. The Bertz CT molecular complexity index is 1010. The molecule has 0 N–H and O–H groups in total. The van der Waals surface area contributed by atoms with Crippen LogP contribution >= 0.6 is 11.8 Å². The number of non-ortho nitro benzene ring substituents is 1. The molecule has 0 bridgehead atoms. The van der Waals surface area contributed by atoms with Gasteiger partial charge in [-0.25, -0.2) is 0 Å². The van der Waals surface area contributed by atoms with Crippen LogP contribution in [0.1, 0.15) is 38.8 Å². The van der Waals surface area contributed by atoms with Gasteiger partial charge in [-0.2, -0.15) is 0 Å². The number of ether oxygens (including phenoxy) is 1. The summed E-state index contributed by atoms with van der Waals surface area (Å²) < 4.78 is 5.76. The molecule has 8 heteroatoms. The number of carbonyl (C=O) groups excluding carboxylic acids is 1. The highest BCUT2D eigenvalue weighted by atomic mass is 32.2. The fourth-order valence-corrected chi connectivity index (χ4v) is 4.18. The van der Waals surface area contributed by atoms with Gasteiger partial charge in [0, 0.05) is 24.2 Å². The minimum Gasteiger partial charge on any atom is -0.489 e. The summed E-state index contributed by atoms with van der Waals surface area (Å²) in [6, 6.07) is 13.9. The van der Waals surface area contributed by atoms with Crippen LogP contribution in [0.15, 0.2) is 58.4 Å². The van der Waals surface area contributed by atoms with E-state index in [9.17, 15) is 14.9 Å². The van der Waals surface area contributed by atoms with Crippen LogP contribution < -0.4 is 4.74 Å². The Morgan fingerprint density at radius 2 is 1.74 bits per heavy atom. The van der Waals surface area contributed by atoms with Crippen LogP contribution in [-0.2, 0) is 11.4 Å². The molecular weight excluding hydrogens is 414 g/mol. The van der Waals surface area contributed by atoms with Crippen molar-refractivity contribution in [2.75, 3.05) is 0 Å². The van der Waals surface area contributed by atoms with Crippen molar-refractivity contribution in [3.63, 3.8) is 0 Å². The second-order valence-electron chi connectivity index (χ2n) is 7.67. The van der Waals surface area contributed by atoms with Crippen molar-refractivity contribution in [2.45, 2.75) is 46.4 Å². The molecule has 0 aliphatic carbocycles. The second-order valence-corrected chi connectivity index (χ2v) is 8.68.